The molecule has 0 bridgehead atoms. The van der Waals surface area contributed by atoms with Crippen molar-refractivity contribution >= 4 is 41.9 Å². The van der Waals surface area contributed by atoms with Crippen LogP contribution in [-0.4, -0.2) is 21.2 Å². The molecule has 0 aliphatic heterocycles. The standard InChI is InChI=1S/C9H8Br2F3NO3S/c10-6-3-5(19(15,16)17)4-7(11)8(6)18-2-1-9(12,13)14/h3-4H,1-2H2,(H2,15,16,17). The number of benzene rings is 1. The molecule has 4 nitrogen and oxygen atoms in total. The maximum Gasteiger partial charge on any atom is 0.392 e. The Morgan fingerprint density at radius 2 is 1.68 bits per heavy atom. The minimum atomic E-state index is -4.32. The third-order valence-electron chi connectivity index (χ3n) is 1.93. The molecule has 1 aromatic carbocycles. The van der Waals surface area contributed by atoms with Crippen LogP contribution in [0.2, 0.25) is 0 Å². The van der Waals surface area contributed by atoms with E-state index in [-0.39, 0.29) is 19.6 Å². The van der Waals surface area contributed by atoms with E-state index >= 15 is 0 Å². The fraction of sp³-hybridized carbons (Fsp3) is 0.333. The molecule has 0 saturated heterocycles. The number of hydrogen-bond donors (Lipinski definition) is 1. The van der Waals surface area contributed by atoms with E-state index in [1.54, 1.807) is 0 Å². The summed E-state index contributed by atoms with van der Waals surface area (Å²) in [5.41, 5.74) is 0. The Balaban J connectivity index is 2.93. The zero-order valence-electron chi connectivity index (χ0n) is 9.17. The van der Waals surface area contributed by atoms with Crippen LogP contribution in [0.5, 0.6) is 5.75 Å². The molecular formula is C9H8Br2F3NO3S. The zero-order chi connectivity index (χ0) is 14.8. The van der Waals surface area contributed by atoms with Crippen molar-refractivity contribution in [3.8, 4) is 5.75 Å². The molecule has 0 aromatic heterocycles. The molecule has 19 heavy (non-hydrogen) atoms. The van der Waals surface area contributed by atoms with Crippen LogP contribution in [0.15, 0.2) is 26.0 Å². The largest absolute Gasteiger partial charge is 0.491 e. The Morgan fingerprint density at radius 1 is 1.21 bits per heavy atom. The van der Waals surface area contributed by atoms with Crippen LogP contribution in [0, 0.1) is 0 Å². The number of ether oxygens (including phenoxy) is 1. The van der Waals surface area contributed by atoms with E-state index in [2.05, 4.69) is 31.9 Å². The van der Waals surface area contributed by atoms with E-state index in [4.69, 9.17) is 9.88 Å². The van der Waals surface area contributed by atoms with Gasteiger partial charge in [-0.3, -0.25) is 0 Å². The topological polar surface area (TPSA) is 69.4 Å². The fourth-order valence-electron chi connectivity index (χ4n) is 1.11. The minimum absolute atomic E-state index is 0.0802. The van der Waals surface area contributed by atoms with Crippen molar-refractivity contribution in [3.05, 3.63) is 21.1 Å². The van der Waals surface area contributed by atoms with Gasteiger partial charge in [-0.1, -0.05) is 0 Å². The molecule has 1 aromatic rings. The van der Waals surface area contributed by atoms with Crippen molar-refractivity contribution in [3.63, 3.8) is 0 Å². The first kappa shape index (κ1) is 16.7. The number of rotatable bonds is 4. The first-order chi connectivity index (χ1) is 8.50. The minimum Gasteiger partial charge on any atom is -0.491 e. The van der Waals surface area contributed by atoms with Gasteiger partial charge in [0.2, 0.25) is 10.0 Å². The van der Waals surface area contributed by atoms with Gasteiger partial charge in [-0.05, 0) is 44.0 Å². The lowest BCUT2D eigenvalue weighted by Gasteiger charge is -2.12. The second-order valence-electron chi connectivity index (χ2n) is 3.47. The highest BCUT2D eigenvalue weighted by Gasteiger charge is 2.27. The lowest BCUT2D eigenvalue weighted by atomic mass is 10.3. The summed E-state index contributed by atoms with van der Waals surface area (Å²) in [6, 6.07) is 2.31. The van der Waals surface area contributed by atoms with Gasteiger partial charge < -0.3 is 4.74 Å². The molecule has 0 atom stereocenters. The van der Waals surface area contributed by atoms with Gasteiger partial charge in [0.15, 0.2) is 0 Å². The average molecular weight is 427 g/mol. The van der Waals surface area contributed by atoms with E-state index in [0.29, 0.717) is 0 Å². The Kier molecular flexibility index (Phi) is 5.27. The van der Waals surface area contributed by atoms with Gasteiger partial charge in [0.05, 0.1) is 26.9 Å². The van der Waals surface area contributed by atoms with E-state index in [9.17, 15) is 21.6 Å². The molecule has 0 fully saturated rings. The maximum absolute atomic E-state index is 12.0. The smallest absolute Gasteiger partial charge is 0.392 e. The molecule has 2 N–H and O–H groups in total. The highest BCUT2D eigenvalue weighted by atomic mass is 79.9. The van der Waals surface area contributed by atoms with E-state index in [1.165, 1.54) is 0 Å². The highest BCUT2D eigenvalue weighted by Crippen LogP contribution is 2.36. The van der Waals surface area contributed by atoms with Gasteiger partial charge in [-0.25, -0.2) is 13.6 Å². The summed E-state index contributed by atoms with van der Waals surface area (Å²) in [4.78, 5) is -0.186. The molecule has 1 rings (SSSR count). The van der Waals surface area contributed by atoms with Gasteiger partial charge in [0, 0.05) is 0 Å². The summed E-state index contributed by atoms with van der Waals surface area (Å²) < 4.78 is 63.6. The summed E-state index contributed by atoms with van der Waals surface area (Å²) in [6.45, 7) is -0.574. The molecule has 0 unspecified atom stereocenters. The molecule has 0 aliphatic carbocycles. The van der Waals surface area contributed by atoms with Crippen molar-refractivity contribution in [1.29, 1.82) is 0 Å². The van der Waals surface area contributed by atoms with Gasteiger partial charge in [-0.15, -0.1) is 0 Å². The molecular weight excluding hydrogens is 419 g/mol. The number of nitrogens with two attached hydrogens (primary N) is 1. The highest BCUT2D eigenvalue weighted by molar-refractivity contribution is 9.11. The number of sulfonamides is 1. The van der Waals surface area contributed by atoms with Crippen LogP contribution >= 0.6 is 31.9 Å². The first-order valence-corrected chi connectivity index (χ1v) is 7.85. The number of alkyl halides is 3. The second kappa shape index (κ2) is 5.98. The summed E-state index contributed by atoms with van der Waals surface area (Å²) in [5.74, 6) is 0.0802. The van der Waals surface area contributed by atoms with Crippen LogP contribution in [0.1, 0.15) is 6.42 Å². The van der Waals surface area contributed by atoms with Crippen molar-refractivity contribution < 1.29 is 26.3 Å². The van der Waals surface area contributed by atoms with E-state index in [1.807, 2.05) is 0 Å². The normalized spacial score (nSPS) is 12.5. The molecule has 108 valence electrons. The Morgan fingerprint density at radius 3 is 2.05 bits per heavy atom. The van der Waals surface area contributed by atoms with E-state index < -0.39 is 29.2 Å². The summed E-state index contributed by atoms with van der Waals surface area (Å²) in [7, 11) is -3.90. The number of hydrogen-bond acceptors (Lipinski definition) is 3. The molecule has 0 spiro atoms. The lowest BCUT2D eigenvalue weighted by Crippen LogP contribution is -2.14. The zero-order valence-corrected chi connectivity index (χ0v) is 13.2. The van der Waals surface area contributed by atoms with Crippen molar-refractivity contribution in [2.45, 2.75) is 17.5 Å². The van der Waals surface area contributed by atoms with Crippen molar-refractivity contribution in [2.24, 2.45) is 5.14 Å². The second-order valence-corrected chi connectivity index (χ2v) is 6.74. The number of primary sulfonamides is 1. The van der Waals surface area contributed by atoms with Crippen LogP contribution in [0.25, 0.3) is 0 Å². The first-order valence-electron chi connectivity index (χ1n) is 4.72. The van der Waals surface area contributed by atoms with Gasteiger partial charge >= 0.3 is 6.18 Å². The van der Waals surface area contributed by atoms with Crippen LogP contribution in [0.3, 0.4) is 0 Å². The molecule has 0 heterocycles. The predicted molar refractivity (Wildman–Crippen MR) is 69.4 cm³/mol. The van der Waals surface area contributed by atoms with Crippen molar-refractivity contribution in [1.82, 2.24) is 0 Å². The monoisotopic (exact) mass is 425 g/mol. The average Bonchev–Trinajstić information content (AvgIpc) is 2.18. The molecule has 0 saturated carbocycles. The third-order valence-corrected chi connectivity index (χ3v) is 4.00. The lowest BCUT2D eigenvalue weighted by molar-refractivity contribution is -0.139. The van der Waals surface area contributed by atoms with Gasteiger partial charge in [0.1, 0.15) is 5.75 Å². The summed E-state index contributed by atoms with van der Waals surface area (Å²) >= 11 is 6.03. The molecule has 10 heteroatoms. The SMILES string of the molecule is NS(=O)(=O)c1cc(Br)c(OCCC(F)(F)F)c(Br)c1. The molecule has 0 amide bonds. The van der Waals surface area contributed by atoms with Crippen LogP contribution in [0.4, 0.5) is 13.2 Å². The van der Waals surface area contributed by atoms with Gasteiger partial charge in [-0.2, -0.15) is 13.2 Å². The number of halogens is 5. The summed E-state index contributed by atoms with van der Waals surface area (Å²) in [5, 5.41) is 4.94. The molecule has 0 aliphatic rings. The predicted octanol–water partition coefficient (Wildman–Crippen LogP) is 3.19. The summed E-state index contributed by atoms with van der Waals surface area (Å²) in [6.07, 6.45) is -5.43. The van der Waals surface area contributed by atoms with E-state index in [0.717, 1.165) is 12.1 Å². The Hall–Kier alpha value is -0.320. The van der Waals surface area contributed by atoms with Gasteiger partial charge in [0.25, 0.3) is 0 Å². The fourth-order valence-corrected chi connectivity index (χ4v) is 3.39. The maximum atomic E-state index is 12.0. The quantitative estimate of drug-likeness (QED) is 0.803. The Labute approximate surface area is 124 Å². The third kappa shape index (κ3) is 5.28. The van der Waals surface area contributed by atoms with Crippen LogP contribution < -0.4 is 9.88 Å². The Bertz CT molecular complexity index is 552. The molecule has 0 radical (unpaired) electrons. The van der Waals surface area contributed by atoms with Crippen molar-refractivity contribution in [2.75, 3.05) is 6.61 Å². The van der Waals surface area contributed by atoms with Crippen LogP contribution in [-0.2, 0) is 10.0 Å².